The second-order valence-electron chi connectivity index (χ2n) is 8.19. The monoisotopic (exact) mass is 349 g/mol. The van der Waals surface area contributed by atoms with E-state index < -0.39 is 5.60 Å². The summed E-state index contributed by atoms with van der Waals surface area (Å²) >= 11 is 0. The Balaban J connectivity index is 1.50. The summed E-state index contributed by atoms with van der Waals surface area (Å²) in [6, 6.07) is 4.76. The number of β-amino-alcohol motifs (C(OH)–C–C–N with tert-alkyl or cyclic N) is 1. The minimum absolute atomic E-state index is 0.453. The predicted octanol–water partition coefficient (Wildman–Crippen LogP) is 3.41. The van der Waals surface area contributed by atoms with Gasteiger partial charge in [0.2, 0.25) is 0 Å². The van der Waals surface area contributed by atoms with Crippen molar-refractivity contribution in [2.75, 3.05) is 13.1 Å². The molecular weight excluding hydrogens is 324 g/mol. The van der Waals surface area contributed by atoms with Crippen molar-refractivity contribution in [2.45, 2.75) is 50.2 Å². The maximum absolute atomic E-state index is 10.3. The zero-order valence-corrected chi connectivity index (χ0v) is 15.2. The zero-order chi connectivity index (χ0) is 17.7. The Morgan fingerprint density at radius 2 is 2.23 bits per heavy atom. The molecular formula is C21H25N4O. The summed E-state index contributed by atoms with van der Waals surface area (Å²) < 4.78 is 0. The molecule has 0 aromatic carbocycles. The van der Waals surface area contributed by atoms with Gasteiger partial charge >= 0.3 is 0 Å². The van der Waals surface area contributed by atoms with Gasteiger partial charge in [-0.3, -0.25) is 9.88 Å². The predicted molar refractivity (Wildman–Crippen MR) is 103 cm³/mol. The van der Waals surface area contributed by atoms with E-state index in [0.29, 0.717) is 12.0 Å². The van der Waals surface area contributed by atoms with Crippen molar-refractivity contribution in [1.82, 2.24) is 19.9 Å². The van der Waals surface area contributed by atoms with Crippen molar-refractivity contribution in [2.24, 2.45) is 0 Å². The van der Waals surface area contributed by atoms with Gasteiger partial charge in [0.05, 0.1) is 17.3 Å². The molecule has 2 N–H and O–H groups in total. The molecule has 3 unspecified atom stereocenters. The highest BCUT2D eigenvalue weighted by atomic mass is 16.3. The molecule has 5 rings (SSSR count). The third-order valence-corrected chi connectivity index (χ3v) is 6.19. The van der Waals surface area contributed by atoms with E-state index in [4.69, 9.17) is 0 Å². The Kier molecular flexibility index (Phi) is 3.76. The third kappa shape index (κ3) is 2.70. The average molecular weight is 349 g/mol. The lowest BCUT2D eigenvalue weighted by molar-refractivity contribution is 0.0618. The first-order chi connectivity index (χ1) is 12.6. The Morgan fingerprint density at radius 1 is 1.31 bits per heavy atom. The van der Waals surface area contributed by atoms with Gasteiger partial charge in [0.25, 0.3) is 0 Å². The maximum atomic E-state index is 10.3. The molecule has 1 saturated heterocycles. The van der Waals surface area contributed by atoms with Crippen molar-refractivity contribution < 1.29 is 5.11 Å². The maximum Gasteiger partial charge on any atom is 0.137 e. The van der Waals surface area contributed by atoms with Crippen LogP contribution in [-0.4, -0.2) is 49.7 Å². The van der Waals surface area contributed by atoms with E-state index >= 15 is 0 Å². The summed E-state index contributed by atoms with van der Waals surface area (Å²) in [5.74, 6) is 0.515. The van der Waals surface area contributed by atoms with Crippen LogP contribution >= 0.6 is 0 Å². The van der Waals surface area contributed by atoms with E-state index in [2.05, 4.69) is 38.4 Å². The molecule has 1 saturated carbocycles. The van der Waals surface area contributed by atoms with Crippen LogP contribution in [-0.2, 0) is 0 Å². The van der Waals surface area contributed by atoms with Crippen LogP contribution < -0.4 is 0 Å². The number of aromatic nitrogens is 3. The summed E-state index contributed by atoms with van der Waals surface area (Å²) in [4.78, 5) is 14.7. The van der Waals surface area contributed by atoms with Gasteiger partial charge in [-0.1, -0.05) is 0 Å². The molecule has 0 bridgehead atoms. The Labute approximate surface area is 153 Å². The van der Waals surface area contributed by atoms with Crippen molar-refractivity contribution in [3.63, 3.8) is 0 Å². The Hall–Kier alpha value is -1.98. The lowest BCUT2D eigenvalue weighted by atomic mass is 9.79. The van der Waals surface area contributed by atoms with Crippen LogP contribution in [0.15, 0.2) is 30.7 Å². The number of hydrogen-bond donors (Lipinski definition) is 2. The number of hydrogen-bond acceptors (Lipinski definition) is 4. The SMILES string of the molecule is CC1(O)CCN(C2[CH]CCC(c3ccnc4cnc5[nH]ccc5c34)C2)C1. The molecule has 135 valence electrons. The smallest absolute Gasteiger partial charge is 0.137 e. The van der Waals surface area contributed by atoms with E-state index in [1.165, 1.54) is 22.8 Å². The minimum atomic E-state index is -0.535. The molecule has 1 aliphatic heterocycles. The molecule has 3 aromatic rings. The number of fused-ring (bicyclic) bond motifs is 3. The fraction of sp³-hybridized carbons (Fsp3) is 0.476. The van der Waals surface area contributed by atoms with E-state index in [9.17, 15) is 5.11 Å². The number of aliphatic hydroxyl groups is 1. The molecule has 1 aliphatic carbocycles. The van der Waals surface area contributed by atoms with Crippen LogP contribution in [0.2, 0.25) is 0 Å². The largest absolute Gasteiger partial charge is 0.389 e. The van der Waals surface area contributed by atoms with Crippen LogP contribution in [0.25, 0.3) is 21.9 Å². The lowest BCUT2D eigenvalue weighted by Crippen LogP contribution is -2.39. The number of rotatable bonds is 2. The molecule has 3 aromatic heterocycles. The van der Waals surface area contributed by atoms with E-state index in [1.54, 1.807) is 0 Å². The van der Waals surface area contributed by atoms with Crippen LogP contribution in [0, 0.1) is 6.42 Å². The molecule has 2 fully saturated rings. The number of H-pyrrole nitrogens is 1. The van der Waals surface area contributed by atoms with Crippen LogP contribution in [0.1, 0.15) is 44.1 Å². The van der Waals surface area contributed by atoms with Crippen LogP contribution in [0.4, 0.5) is 0 Å². The zero-order valence-electron chi connectivity index (χ0n) is 15.2. The number of nitrogens with one attached hydrogen (secondary N) is 1. The molecule has 26 heavy (non-hydrogen) atoms. The van der Waals surface area contributed by atoms with Gasteiger partial charge in [0, 0.05) is 42.3 Å². The molecule has 5 heteroatoms. The molecule has 0 spiro atoms. The molecule has 4 heterocycles. The lowest BCUT2D eigenvalue weighted by Gasteiger charge is -2.36. The summed E-state index contributed by atoms with van der Waals surface area (Å²) in [6.45, 7) is 3.73. The molecule has 3 atom stereocenters. The Bertz CT molecular complexity index is 947. The molecule has 5 nitrogen and oxygen atoms in total. The number of nitrogens with zero attached hydrogens (tertiary/aromatic N) is 3. The standard InChI is InChI=1S/C21H25N4O/c1-21(26)7-10-25(13-21)15-4-2-3-14(11-15)16-5-8-22-18-12-24-20-17(19(16)18)6-9-23-20/h4-6,8-9,12,14-15,26H,2-3,7,10-11,13H2,1H3,(H,23,24). The summed E-state index contributed by atoms with van der Waals surface area (Å²) in [7, 11) is 0. The first kappa shape index (κ1) is 16.2. The van der Waals surface area contributed by atoms with E-state index in [-0.39, 0.29) is 0 Å². The molecule has 2 aliphatic rings. The minimum Gasteiger partial charge on any atom is -0.389 e. The highest BCUT2D eigenvalue weighted by molar-refractivity contribution is 6.05. The van der Waals surface area contributed by atoms with Crippen molar-refractivity contribution >= 4 is 21.9 Å². The molecule has 0 amide bonds. The topological polar surface area (TPSA) is 65.0 Å². The highest BCUT2D eigenvalue weighted by Gasteiger charge is 2.37. The Morgan fingerprint density at radius 3 is 3.08 bits per heavy atom. The number of likely N-dealkylation sites (tertiary alicyclic amines) is 1. The van der Waals surface area contributed by atoms with Gasteiger partial charge in [-0.15, -0.1) is 0 Å². The van der Waals surface area contributed by atoms with Crippen LogP contribution in [0.5, 0.6) is 0 Å². The van der Waals surface area contributed by atoms with E-state index in [0.717, 1.165) is 43.5 Å². The van der Waals surface area contributed by atoms with Gasteiger partial charge in [-0.2, -0.15) is 0 Å². The van der Waals surface area contributed by atoms with Gasteiger partial charge in [-0.25, -0.2) is 4.98 Å². The fourth-order valence-corrected chi connectivity index (χ4v) is 4.86. The number of pyridine rings is 2. The van der Waals surface area contributed by atoms with Crippen molar-refractivity contribution in [3.8, 4) is 0 Å². The highest BCUT2D eigenvalue weighted by Crippen LogP contribution is 2.40. The summed E-state index contributed by atoms with van der Waals surface area (Å²) in [5, 5.41) is 12.8. The second kappa shape index (κ2) is 6.03. The average Bonchev–Trinajstić information content (AvgIpc) is 3.27. The van der Waals surface area contributed by atoms with Gasteiger partial charge < -0.3 is 10.1 Å². The first-order valence-corrected chi connectivity index (χ1v) is 9.61. The first-order valence-electron chi connectivity index (χ1n) is 9.61. The van der Waals surface area contributed by atoms with Crippen molar-refractivity contribution in [1.29, 1.82) is 0 Å². The summed E-state index contributed by atoms with van der Waals surface area (Å²) in [6.07, 6.45) is 12.5. The van der Waals surface area contributed by atoms with Crippen molar-refractivity contribution in [3.05, 3.63) is 42.7 Å². The quantitative estimate of drug-likeness (QED) is 0.744. The third-order valence-electron chi connectivity index (χ3n) is 6.19. The fourth-order valence-electron chi connectivity index (χ4n) is 4.86. The van der Waals surface area contributed by atoms with Gasteiger partial charge in [0.1, 0.15) is 5.65 Å². The second-order valence-corrected chi connectivity index (χ2v) is 8.19. The van der Waals surface area contributed by atoms with Gasteiger partial charge in [0.15, 0.2) is 0 Å². The number of aromatic amines is 1. The summed E-state index contributed by atoms with van der Waals surface area (Å²) in [5.41, 5.74) is 2.77. The van der Waals surface area contributed by atoms with E-state index in [1.807, 2.05) is 25.5 Å². The van der Waals surface area contributed by atoms with Gasteiger partial charge in [-0.05, 0) is 62.6 Å². The molecule has 1 radical (unpaired) electrons. The van der Waals surface area contributed by atoms with Crippen LogP contribution in [0.3, 0.4) is 0 Å². The normalized spacial score (nSPS) is 30.4.